The standard InChI is InChI=1S/C8H17N2O4P/c1-6-4-7(5-15(12,13)14)2-3-10(6)8(9)11/h6-7H,2-5H2,1H3,(H2,9,11)(H2,12,13,14)/t6-,7+/m1/s1. The van der Waals surface area contributed by atoms with Crippen molar-refractivity contribution in [3.05, 3.63) is 0 Å². The van der Waals surface area contributed by atoms with E-state index in [0.29, 0.717) is 19.4 Å². The van der Waals surface area contributed by atoms with Crippen molar-refractivity contribution < 1.29 is 19.1 Å². The van der Waals surface area contributed by atoms with E-state index in [4.69, 9.17) is 15.5 Å². The Morgan fingerprint density at radius 3 is 2.60 bits per heavy atom. The molecule has 1 aliphatic rings. The van der Waals surface area contributed by atoms with E-state index in [9.17, 15) is 9.36 Å². The van der Waals surface area contributed by atoms with Crippen molar-refractivity contribution in [1.29, 1.82) is 0 Å². The van der Waals surface area contributed by atoms with Gasteiger partial charge in [-0.2, -0.15) is 0 Å². The van der Waals surface area contributed by atoms with E-state index >= 15 is 0 Å². The summed E-state index contributed by atoms with van der Waals surface area (Å²) < 4.78 is 10.8. The molecule has 0 aromatic rings. The summed E-state index contributed by atoms with van der Waals surface area (Å²) in [4.78, 5) is 30.2. The third-order valence-corrected chi connectivity index (χ3v) is 3.76. The molecule has 1 aliphatic heterocycles. The van der Waals surface area contributed by atoms with Crippen LogP contribution in [0.25, 0.3) is 0 Å². The Morgan fingerprint density at radius 1 is 1.60 bits per heavy atom. The number of piperidine rings is 1. The average Bonchev–Trinajstić information content (AvgIpc) is 1.99. The van der Waals surface area contributed by atoms with Gasteiger partial charge in [0.25, 0.3) is 0 Å². The molecule has 4 N–H and O–H groups in total. The zero-order valence-electron chi connectivity index (χ0n) is 8.67. The molecule has 6 nitrogen and oxygen atoms in total. The van der Waals surface area contributed by atoms with Crippen LogP contribution in [-0.2, 0) is 4.57 Å². The van der Waals surface area contributed by atoms with E-state index in [2.05, 4.69) is 0 Å². The quantitative estimate of drug-likeness (QED) is 0.601. The van der Waals surface area contributed by atoms with Crippen LogP contribution in [0.15, 0.2) is 0 Å². The number of primary amides is 1. The molecule has 1 saturated heterocycles. The van der Waals surface area contributed by atoms with Gasteiger partial charge in [-0.1, -0.05) is 0 Å². The van der Waals surface area contributed by atoms with Crippen molar-refractivity contribution in [2.45, 2.75) is 25.8 Å². The molecular formula is C8H17N2O4P. The Kier molecular flexibility index (Phi) is 3.76. The SMILES string of the molecule is C[C@@H]1C[C@@H](CP(=O)(O)O)CCN1C(N)=O. The van der Waals surface area contributed by atoms with E-state index in [-0.39, 0.29) is 18.1 Å². The van der Waals surface area contributed by atoms with Gasteiger partial charge < -0.3 is 20.4 Å². The fraction of sp³-hybridized carbons (Fsp3) is 0.875. The normalized spacial score (nSPS) is 27.8. The van der Waals surface area contributed by atoms with Crippen LogP contribution in [0.5, 0.6) is 0 Å². The molecule has 0 spiro atoms. The highest BCUT2D eigenvalue weighted by Gasteiger charge is 2.31. The number of hydrogen-bond donors (Lipinski definition) is 3. The molecule has 0 aromatic heterocycles. The number of amides is 2. The topological polar surface area (TPSA) is 104 Å². The highest BCUT2D eigenvalue weighted by atomic mass is 31.2. The van der Waals surface area contributed by atoms with Gasteiger partial charge >= 0.3 is 13.6 Å². The molecular weight excluding hydrogens is 219 g/mol. The van der Waals surface area contributed by atoms with Crippen LogP contribution in [0.2, 0.25) is 0 Å². The zero-order chi connectivity index (χ0) is 11.6. The summed E-state index contributed by atoms with van der Waals surface area (Å²) in [5.41, 5.74) is 5.16. The summed E-state index contributed by atoms with van der Waals surface area (Å²) >= 11 is 0. The summed E-state index contributed by atoms with van der Waals surface area (Å²) in [7, 11) is -3.94. The van der Waals surface area contributed by atoms with Gasteiger partial charge in [-0.05, 0) is 25.7 Å². The third kappa shape index (κ3) is 3.81. The molecule has 15 heavy (non-hydrogen) atoms. The first kappa shape index (κ1) is 12.5. The number of rotatable bonds is 2. The van der Waals surface area contributed by atoms with Gasteiger partial charge in [0.1, 0.15) is 0 Å². The number of nitrogens with zero attached hydrogens (tertiary/aromatic N) is 1. The van der Waals surface area contributed by atoms with Gasteiger partial charge in [0, 0.05) is 12.6 Å². The summed E-state index contributed by atoms with van der Waals surface area (Å²) in [5.74, 6) is -0.0172. The Balaban J connectivity index is 2.51. The number of nitrogens with two attached hydrogens (primary N) is 1. The molecule has 0 radical (unpaired) electrons. The van der Waals surface area contributed by atoms with Crippen molar-refractivity contribution in [3.63, 3.8) is 0 Å². The highest BCUT2D eigenvalue weighted by molar-refractivity contribution is 7.51. The molecule has 2 amide bonds. The molecule has 2 atom stereocenters. The summed E-state index contributed by atoms with van der Waals surface area (Å²) in [6.45, 7) is 2.33. The zero-order valence-corrected chi connectivity index (χ0v) is 9.56. The Hall–Kier alpha value is -0.580. The highest BCUT2D eigenvalue weighted by Crippen LogP contribution is 2.40. The average molecular weight is 236 g/mol. The summed E-state index contributed by atoms with van der Waals surface area (Å²) in [5, 5.41) is 0. The molecule has 0 saturated carbocycles. The predicted molar refractivity (Wildman–Crippen MR) is 55.4 cm³/mol. The first-order valence-corrected chi connectivity index (χ1v) is 6.70. The second-order valence-electron chi connectivity index (χ2n) is 4.12. The van der Waals surface area contributed by atoms with Gasteiger partial charge in [-0.25, -0.2) is 4.79 Å². The van der Waals surface area contributed by atoms with Crippen molar-refractivity contribution in [2.24, 2.45) is 11.7 Å². The minimum Gasteiger partial charge on any atom is -0.351 e. The fourth-order valence-corrected chi connectivity index (χ4v) is 3.10. The third-order valence-electron chi connectivity index (χ3n) is 2.76. The van der Waals surface area contributed by atoms with Crippen LogP contribution < -0.4 is 5.73 Å². The Labute approximate surface area is 88.6 Å². The smallest absolute Gasteiger partial charge is 0.325 e. The first-order valence-electron chi connectivity index (χ1n) is 4.90. The van der Waals surface area contributed by atoms with Crippen LogP contribution in [0, 0.1) is 5.92 Å². The minimum absolute atomic E-state index is 0.0172. The largest absolute Gasteiger partial charge is 0.351 e. The van der Waals surface area contributed by atoms with E-state index in [1.54, 1.807) is 0 Å². The molecule has 1 fully saturated rings. The van der Waals surface area contributed by atoms with Crippen molar-refractivity contribution >= 4 is 13.6 Å². The van der Waals surface area contributed by atoms with Gasteiger partial charge in [0.2, 0.25) is 0 Å². The Bertz CT molecular complexity index is 290. The van der Waals surface area contributed by atoms with Crippen molar-refractivity contribution in [1.82, 2.24) is 4.90 Å². The number of carbonyl (C=O) groups excluding carboxylic acids is 1. The van der Waals surface area contributed by atoms with Crippen molar-refractivity contribution in [2.75, 3.05) is 12.7 Å². The summed E-state index contributed by atoms with van der Waals surface area (Å²) in [6.07, 6.45) is 1.12. The molecule has 1 heterocycles. The minimum atomic E-state index is -3.94. The number of carbonyl (C=O) groups is 1. The second-order valence-corrected chi connectivity index (χ2v) is 5.81. The molecule has 88 valence electrons. The molecule has 7 heteroatoms. The van der Waals surface area contributed by atoms with Crippen molar-refractivity contribution in [3.8, 4) is 0 Å². The monoisotopic (exact) mass is 236 g/mol. The molecule has 0 bridgehead atoms. The van der Waals surface area contributed by atoms with Gasteiger partial charge in [0.15, 0.2) is 0 Å². The summed E-state index contributed by atoms with van der Waals surface area (Å²) in [6, 6.07) is -0.495. The van der Waals surface area contributed by atoms with E-state index in [0.717, 1.165) is 0 Å². The van der Waals surface area contributed by atoms with Crippen LogP contribution in [-0.4, -0.2) is 39.5 Å². The number of hydrogen-bond acceptors (Lipinski definition) is 2. The molecule has 0 aromatic carbocycles. The lowest BCUT2D eigenvalue weighted by molar-refractivity contribution is 0.146. The van der Waals surface area contributed by atoms with E-state index in [1.165, 1.54) is 4.90 Å². The van der Waals surface area contributed by atoms with Gasteiger partial charge in [0.05, 0.1) is 6.16 Å². The van der Waals surface area contributed by atoms with Crippen LogP contribution in [0.1, 0.15) is 19.8 Å². The number of likely N-dealkylation sites (tertiary alicyclic amines) is 1. The van der Waals surface area contributed by atoms with Crippen LogP contribution in [0.3, 0.4) is 0 Å². The molecule has 0 unspecified atom stereocenters. The maximum absolute atomic E-state index is 11.0. The lowest BCUT2D eigenvalue weighted by atomic mass is 9.93. The fourth-order valence-electron chi connectivity index (χ4n) is 2.10. The molecule has 0 aliphatic carbocycles. The maximum Gasteiger partial charge on any atom is 0.325 e. The van der Waals surface area contributed by atoms with E-state index in [1.807, 2.05) is 6.92 Å². The lowest BCUT2D eigenvalue weighted by Crippen LogP contribution is -2.47. The van der Waals surface area contributed by atoms with Gasteiger partial charge in [-0.3, -0.25) is 4.57 Å². The second kappa shape index (κ2) is 4.51. The maximum atomic E-state index is 11.0. The van der Waals surface area contributed by atoms with E-state index < -0.39 is 13.6 Å². The van der Waals surface area contributed by atoms with Crippen LogP contribution >= 0.6 is 7.60 Å². The van der Waals surface area contributed by atoms with Crippen LogP contribution in [0.4, 0.5) is 4.79 Å². The predicted octanol–water partition coefficient (Wildman–Crippen LogP) is 0.343. The Morgan fingerprint density at radius 2 is 2.20 bits per heavy atom. The molecule has 1 rings (SSSR count). The lowest BCUT2D eigenvalue weighted by Gasteiger charge is -2.36. The first-order chi connectivity index (χ1) is 6.79. The van der Waals surface area contributed by atoms with Gasteiger partial charge in [-0.15, -0.1) is 0 Å². The number of urea groups is 1.